The number of amides is 1. The van der Waals surface area contributed by atoms with Crippen LogP contribution in [0, 0.1) is 5.82 Å². The first-order chi connectivity index (χ1) is 9.10. The Kier molecular flexibility index (Phi) is 3.80. The van der Waals surface area contributed by atoms with Crippen molar-refractivity contribution in [2.45, 2.75) is 13.3 Å². The Morgan fingerprint density at radius 1 is 1.26 bits per heavy atom. The lowest BCUT2D eigenvalue weighted by molar-refractivity contribution is 0.102. The molecule has 0 aliphatic carbocycles. The van der Waals surface area contributed by atoms with Crippen LogP contribution in [0.5, 0.6) is 0 Å². The number of anilines is 2. The van der Waals surface area contributed by atoms with E-state index in [4.69, 9.17) is 5.73 Å². The summed E-state index contributed by atoms with van der Waals surface area (Å²) in [5.41, 5.74) is 7.86. The van der Waals surface area contributed by atoms with Crippen LogP contribution in [0.3, 0.4) is 0 Å². The highest BCUT2D eigenvalue weighted by Crippen LogP contribution is 2.17. The normalized spacial score (nSPS) is 10.2. The Morgan fingerprint density at radius 3 is 2.74 bits per heavy atom. The third kappa shape index (κ3) is 3.10. The highest BCUT2D eigenvalue weighted by Gasteiger charge is 2.10. The minimum absolute atomic E-state index is 0.129. The third-order valence-corrected chi connectivity index (χ3v) is 2.85. The van der Waals surface area contributed by atoms with E-state index in [2.05, 4.69) is 5.32 Å². The van der Waals surface area contributed by atoms with Crippen LogP contribution >= 0.6 is 0 Å². The maximum Gasteiger partial charge on any atom is 0.257 e. The molecule has 19 heavy (non-hydrogen) atoms. The fourth-order valence-corrected chi connectivity index (χ4v) is 1.81. The SMILES string of the molecule is CCc1cccc(NC(=O)c2ccc(F)cc2N)c1. The number of nitrogens with one attached hydrogen (secondary N) is 1. The largest absolute Gasteiger partial charge is 0.398 e. The highest BCUT2D eigenvalue weighted by atomic mass is 19.1. The molecule has 0 fully saturated rings. The average molecular weight is 258 g/mol. The standard InChI is InChI=1S/C15H15FN2O/c1-2-10-4-3-5-12(8-10)18-15(19)13-7-6-11(16)9-14(13)17/h3-9H,2,17H2,1H3,(H,18,19). The fourth-order valence-electron chi connectivity index (χ4n) is 1.81. The van der Waals surface area contributed by atoms with Gasteiger partial charge in [-0.25, -0.2) is 4.39 Å². The second kappa shape index (κ2) is 5.52. The molecule has 0 spiro atoms. The van der Waals surface area contributed by atoms with E-state index in [0.29, 0.717) is 5.69 Å². The first-order valence-corrected chi connectivity index (χ1v) is 6.05. The summed E-state index contributed by atoms with van der Waals surface area (Å²) in [7, 11) is 0. The van der Waals surface area contributed by atoms with Gasteiger partial charge in [-0.2, -0.15) is 0 Å². The average Bonchev–Trinajstić information content (AvgIpc) is 2.38. The molecule has 0 unspecified atom stereocenters. The van der Waals surface area contributed by atoms with E-state index in [1.807, 2.05) is 25.1 Å². The van der Waals surface area contributed by atoms with Crippen LogP contribution in [0.15, 0.2) is 42.5 Å². The van der Waals surface area contributed by atoms with E-state index in [-0.39, 0.29) is 17.2 Å². The van der Waals surface area contributed by atoms with Gasteiger partial charge in [0.2, 0.25) is 0 Å². The van der Waals surface area contributed by atoms with Crippen molar-refractivity contribution in [1.29, 1.82) is 0 Å². The number of carbonyl (C=O) groups is 1. The molecule has 2 rings (SSSR count). The maximum absolute atomic E-state index is 12.9. The number of halogens is 1. The summed E-state index contributed by atoms with van der Waals surface area (Å²) < 4.78 is 12.9. The summed E-state index contributed by atoms with van der Waals surface area (Å²) in [5.74, 6) is -0.798. The van der Waals surface area contributed by atoms with E-state index >= 15 is 0 Å². The Balaban J connectivity index is 2.20. The number of aryl methyl sites for hydroxylation is 1. The minimum atomic E-state index is -0.456. The van der Waals surface area contributed by atoms with Crippen molar-refractivity contribution in [3.63, 3.8) is 0 Å². The molecule has 98 valence electrons. The van der Waals surface area contributed by atoms with Gasteiger partial charge in [0.15, 0.2) is 0 Å². The van der Waals surface area contributed by atoms with Crippen LogP contribution < -0.4 is 11.1 Å². The summed E-state index contributed by atoms with van der Waals surface area (Å²) in [6.45, 7) is 2.04. The summed E-state index contributed by atoms with van der Waals surface area (Å²) in [6.07, 6.45) is 0.891. The fraction of sp³-hybridized carbons (Fsp3) is 0.133. The van der Waals surface area contributed by atoms with Crippen molar-refractivity contribution in [2.75, 3.05) is 11.1 Å². The minimum Gasteiger partial charge on any atom is -0.398 e. The van der Waals surface area contributed by atoms with Gasteiger partial charge < -0.3 is 11.1 Å². The lowest BCUT2D eigenvalue weighted by atomic mass is 10.1. The van der Waals surface area contributed by atoms with E-state index in [9.17, 15) is 9.18 Å². The molecular formula is C15H15FN2O. The van der Waals surface area contributed by atoms with Crippen molar-refractivity contribution in [3.8, 4) is 0 Å². The first kappa shape index (κ1) is 13.1. The summed E-state index contributed by atoms with van der Waals surface area (Å²) in [4.78, 5) is 12.0. The van der Waals surface area contributed by atoms with Crippen molar-refractivity contribution in [2.24, 2.45) is 0 Å². The molecule has 4 heteroatoms. The first-order valence-electron chi connectivity index (χ1n) is 6.05. The molecule has 0 saturated heterocycles. The van der Waals surface area contributed by atoms with Gasteiger partial charge in [0.05, 0.1) is 5.56 Å². The van der Waals surface area contributed by atoms with Gasteiger partial charge in [0.25, 0.3) is 5.91 Å². The predicted octanol–water partition coefficient (Wildman–Crippen LogP) is 3.22. The molecule has 0 radical (unpaired) electrons. The summed E-state index contributed by atoms with van der Waals surface area (Å²) in [5, 5.41) is 2.75. The number of benzene rings is 2. The zero-order valence-electron chi connectivity index (χ0n) is 10.6. The lowest BCUT2D eigenvalue weighted by Crippen LogP contribution is -2.14. The number of hydrogen-bond donors (Lipinski definition) is 2. The van der Waals surface area contributed by atoms with Crippen LogP contribution in [0.2, 0.25) is 0 Å². The quantitative estimate of drug-likeness (QED) is 0.830. The van der Waals surface area contributed by atoms with Crippen molar-refractivity contribution in [3.05, 3.63) is 59.4 Å². The molecule has 1 amide bonds. The second-order valence-electron chi connectivity index (χ2n) is 4.24. The van der Waals surface area contributed by atoms with Crippen LogP contribution in [-0.2, 0) is 6.42 Å². The zero-order valence-corrected chi connectivity index (χ0v) is 10.6. The van der Waals surface area contributed by atoms with Gasteiger partial charge in [-0.05, 0) is 42.3 Å². The highest BCUT2D eigenvalue weighted by molar-refractivity contribution is 6.07. The van der Waals surface area contributed by atoms with Crippen molar-refractivity contribution in [1.82, 2.24) is 0 Å². The molecular weight excluding hydrogens is 243 g/mol. The molecule has 0 aliphatic heterocycles. The Hall–Kier alpha value is -2.36. The van der Waals surface area contributed by atoms with E-state index in [0.717, 1.165) is 18.1 Å². The van der Waals surface area contributed by atoms with Gasteiger partial charge in [-0.15, -0.1) is 0 Å². The van der Waals surface area contributed by atoms with Gasteiger partial charge in [-0.3, -0.25) is 4.79 Å². The van der Waals surface area contributed by atoms with Gasteiger partial charge in [0.1, 0.15) is 5.82 Å². The van der Waals surface area contributed by atoms with Crippen molar-refractivity contribution >= 4 is 17.3 Å². The number of nitrogen functional groups attached to an aromatic ring is 1. The maximum atomic E-state index is 12.9. The second-order valence-corrected chi connectivity index (χ2v) is 4.24. The topological polar surface area (TPSA) is 55.1 Å². The van der Waals surface area contributed by atoms with Gasteiger partial charge in [0, 0.05) is 11.4 Å². The van der Waals surface area contributed by atoms with Crippen molar-refractivity contribution < 1.29 is 9.18 Å². The van der Waals surface area contributed by atoms with Crippen LogP contribution in [0.1, 0.15) is 22.8 Å². The number of hydrogen-bond acceptors (Lipinski definition) is 2. The summed E-state index contributed by atoms with van der Waals surface area (Å²) in [6, 6.07) is 11.3. The lowest BCUT2D eigenvalue weighted by Gasteiger charge is -2.08. The Morgan fingerprint density at radius 2 is 2.05 bits per heavy atom. The Labute approximate surface area is 111 Å². The molecule has 2 aromatic carbocycles. The number of rotatable bonds is 3. The van der Waals surface area contributed by atoms with Crippen LogP contribution in [-0.4, -0.2) is 5.91 Å². The number of nitrogens with two attached hydrogens (primary N) is 1. The molecule has 0 bridgehead atoms. The molecule has 0 saturated carbocycles. The zero-order chi connectivity index (χ0) is 13.8. The monoisotopic (exact) mass is 258 g/mol. The van der Waals surface area contributed by atoms with Gasteiger partial charge >= 0.3 is 0 Å². The molecule has 0 aromatic heterocycles. The van der Waals surface area contributed by atoms with E-state index < -0.39 is 5.82 Å². The van der Waals surface area contributed by atoms with Gasteiger partial charge in [-0.1, -0.05) is 19.1 Å². The molecule has 0 atom stereocenters. The van der Waals surface area contributed by atoms with Crippen LogP contribution in [0.25, 0.3) is 0 Å². The van der Waals surface area contributed by atoms with Crippen LogP contribution in [0.4, 0.5) is 15.8 Å². The molecule has 0 aliphatic rings. The Bertz CT molecular complexity index is 611. The number of carbonyl (C=O) groups excluding carboxylic acids is 1. The third-order valence-electron chi connectivity index (χ3n) is 2.85. The van der Waals surface area contributed by atoms with E-state index in [1.54, 1.807) is 6.07 Å². The molecule has 3 N–H and O–H groups in total. The molecule has 0 heterocycles. The predicted molar refractivity (Wildman–Crippen MR) is 74.6 cm³/mol. The smallest absolute Gasteiger partial charge is 0.257 e. The summed E-state index contributed by atoms with van der Waals surface area (Å²) >= 11 is 0. The molecule has 3 nitrogen and oxygen atoms in total. The van der Waals surface area contributed by atoms with E-state index in [1.165, 1.54) is 12.1 Å². The molecule has 2 aromatic rings.